The number of aromatic nitrogens is 2. The van der Waals surface area contributed by atoms with Gasteiger partial charge in [0.25, 0.3) is 0 Å². The van der Waals surface area contributed by atoms with Crippen molar-refractivity contribution in [2.45, 2.75) is 26.3 Å². The van der Waals surface area contributed by atoms with Gasteiger partial charge >= 0.3 is 0 Å². The Morgan fingerprint density at radius 2 is 2.00 bits per heavy atom. The van der Waals surface area contributed by atoms with Gasteiger partial charge in [0.1, 0.15) is 5.82 Å². The zero-order valence-electron chi connectivity index (χ0n) is 10.5. The maximum Gasteiger partial charge on any atom is 0.224 e. The van der Waals surface area contributed by atoms with Crippen LogP contribution in [0.5, 0.6) is 0 Å². The summed E-state index contributed by atoms with van der Waals surface area (Å²) in [5.41, 5.74) is 0.927. The summed E-state index contributed by atoms with van der Waals surface area (Å²) < 4.78 is 0. The van der Waals surface area contributed by atoms with Crippen LogP contribution in [0, 0.1) is 6.92 Å². The predicted octanol–water partition coefficient (Wildman–Crippen LogP) is 2.19. The molecule has 4 nitrogen and oxygen atoms in total. The fraction of sp³-hybridized carbons (Fsp3) is 0.636. The van der Waals surface area contributed by atoms with Gasteiger partial charge in [0, 0.05) is 23.8 Å². The first-order valence-electron chi connectivity index (χ1n) is 5.24. The molecule has 1 N–H and O–H groups in total. The average molecular weight is 243 g/mol. The third kappa shape index (κ3) is 3.61. The van der Waals surface area contributed by atoms with Crippen LogP contribution in [0.1, 0.15) is 19.5 Å². The fourth-order valence-electron chi connectivity index (χ4n) is 1.09. The van der Waals surface area contributed by atoms with Crippen molar-refractivity contribution in [1.82, 2.24) is 14.9 Å². The molecule has 1 heterocycles. The van der Waals surface area contributed by atoms with E-state index < -0.39 is 0 Å². The SMILES string of the molecule is Cc1cc(NCC(C)(C)N(C)C)nc(Cl)n1. The molecule has 1 aromatic heterocycles. The summed E-state index contributed by atoms with van der Waals surface area (Å²) in [7, 11) is 4.11. The highest BCUT2D eigenvalue weighted by atomic mass is 35.5. The molecule has 0 bridgehead atoms. The normalized spacial score (nSPS) is 11.9. The maximum atomic E-state index is 5.79. The molecule has 0 saturated heterocycles. The minimum Gasteiger partial charge on any atom is -0.368 e. The van der Waals surface area contributed by atoms with Gasteiger partial charge in [0.15, 0.2) is 0 Å². The lowest BCUT2D eigenvalue weighted by molar-refractivity contribution is 0.210. The van der Waals surface area contributed by atoms with Crippen molar-refractivity contribution < 1.29 is 0 Å². The average Bonchev–Trinajstić information content (AvgIpc) is 2.13. The van der Waals surface area contributed by atoms with Crippen LogP contribution in [0.3, 0.4) is 0 Å². The van der Waals surface area contributed by atoms with Gasteiger partial charge in [-0.25, -0.2) is 9.97 Å². The summed E-state index contributed by atoms with van der Waals surface area (Å²) in [4.78, 5) is 10.3. The molecule has 0 aliphatic carbocycles. The van der Waals surface area contributed by atoms with Gasteiger partial charge in [0.2, 0.25) is 5.28 Å². The number of likely N-dealkylation sites (N-methyl/N-ethyl adjacent to an activating group) is 1. The van der Waals surface area contributed by atoms with Crippen molar-refractivity contribution in [3.63, 3.8) is 0 Å². The second-order valence-electron chi connectivity index (χ2n) is 4.72. The second kappa shape index (κ2) is 4.97. The number of hydrogen-bond acceptors (Lipinski definition) is 4. The van der Waals surface area contributed by atoms with Crippen molar-refractivity contribution in [2.24, 2.45) is 0 Å². The molecule has 0 aromatic carbocycles. The number of nitrogens with one attached hydrogen (secondary N) is 1. The molecule has 0 aliphatic rings. The lowest BCUT2D eigenvalue weighted by atomic mass is 10.0. The van der Waals surface area contributed by atoms with Gasteiger partial charge in [-0.05, 0) is 46.5 Å². The van der Waals surface area contributed by atoms with E-state index in [4.69, 9.17) is 11.6 Å². The highest BCUT2D eigenvalue weighted by Crippen LogP contribution is 2.14. The molecular weight excluding hydrogens is 224 g/mol. The Labute approximate surface area is 102 Å². The largest absolute Gasteiger partial charge is 0.368 e. The number of rotatable bonds is 4. The second-order valence-corrected chi connectivity index (χ2v) is 5.06. The van der Waals surface area contributed by atoms with Crippen molar-refractivity contribution >= 4 is 17.4 Å². The van der Waals surface area contributed by atoms with Crippen LogP contribution < -0.4 is 5.32 Å². The van der Waals surface area contributed by atoms with E-state index in [0.717, 1.165) is 18.1 Å². The monoisotopic (exact) mass is 242 g/mol. The smallest absolute Gasteiger partial charge is 0.224 e. The molecule has 90 valence electrons. The van der Waals surface area contributed by atoms with E-state index in [9.17, 15) is 0 Å². The molecule has 0 unspecified atom stereocenters. The molecule has 0 spiro atoms. The van der Waals surface area contributed by atoms with Gasteiger partial charge in [-0.2, -0.15) is 0 Å². The van der Waals surface area contributed by atoms with Crippen molar-refractivity contribution in [1.29, 1.82) is 0 Å². The van der Waals surface area contributed by atoms with Crippen LogP contribution in [0.25, 0.3) is 0 Å². The summed E-state index contributed by atoms with van der Waals surface area (Å²) in [6.07, 6.45) is 0. The first kappa shape index (κ1) is 13.2. The summed E-state index contributed by atoms with van der Waals surface area (Å²) in [6.45, 7) is 7.02. The third-order valence-corrected chi connectivity index (χ3v) is 2.91. The first-order valence-corrected chi connectivity index (χ1v) is 5.61. The molecule has 0 fully saturated rings. The third-order valence-electron chi connectivity index (χ3n) is 2.74. The van der Waals surface area contributed by atoms with E-state index >= 15 is 0 Å². The summed E-state index contributed by atoms with van der Waals surface area (Å²) in [6, 6.07) is 1.89. The Balaban J connectivity index is 2.68. The van der Waals surface area contributed by atoms with E-state index in [-0.39, 0.29) is 10.8 Å². The molecular formula is C11H19ClN4. The van der Waals surface area contributed by atoms with Crippen LogP contribution in [0.2, 0.25) is 5.28 Å². The van der Waals surface area contributed by atoms with Crippen LogP contribution in [-0.4, -0.2) is 41.0 Å². The lowest BCUT2D eigenvalue weighted by Crippen LogP contribution is -2.44. The number of nitrogens with zero attached hydrogens (tertiary/aromatic N) is 3. The standard InChI is InChI=1S/C11H19ClN4/c1-8-6-9(15-10(12)14-8)13-7-11(2,3)16(4)5/h6H,7H2,1-5H3,(H,13,14,15). The topological polar surface area (TPSA) is 41.0 Å². The quantitative estimate of drug-likeness (QED) is 0.822. The van der Waals surface area contributed by atoms with Crippen LogP contribution in [0.15, 0.2) is 6.07 Å². The van der Waals surface area contributed by atoms with Gasteiger partial charge in [-0.3, -0.25) is 0 Å². The Kier molecular flexibility index (Phi) is 4.10. The van der Waals surface area contributed by atoms with Crippen LogP contribution >= 0.6 is 11.6 Å². The minimum absolute atomic E-state index is 0.0608. The van der Waals surface area contributed by atoms with Crippen LogP contribution in [0.4, 0.5) is 5.82 Å². The summed E-state index contributed by atoms with van der Waals surface area (Å²) in [5, 5.41) is 3.55. The van der Waals surface area contributed by atoms with E-state index in [0.29, 0.717) is 0 Å². The molecule has 0 aliphatic heterocycles. The Morgan fingerprint density at radius 3 is 2.50 bits per heavy atom. The molecule has 5 heteroatoms. The summed E-state index contributed by atoms with van der Waals surface area (Å²) in [5.74, 6) is 0.771. The summed E-state index contributed by atoms with van der Waals surface area (Å²) >= 11 is 5.79. The zero-order chi connectivity index (χ0) is 12.3. The molecule has 16 heavy (non-hydrogen) atoms. The van der Waals surface area contributed by atoms with Crippen molar-refractivity contribution in [3.8, 4) is 0 Å². The number of hydrogen-bond donors (Lipinski definition) is 1. The van der Waals surface area contributed by atoms with Crippen LogP contribution in [-0.2, 0) is 0 Å². The molecule has 0 amide bonds. The van der Waals surface area contributed by atoms with E-state index in [1.807, 2.05) is 13.0 Å². The van der Waals surface area contributed by atoms with E-state index in [1.54, 1.807) is 0 Å². The highest BCUT2D eigenvalue weighted by Gasteiger charge is 2.20. The van der Waals surface area contributed by atoms with Gasteiger partial charge in [0.05, 0.1) is 0 Å². The Bertz CT molecular complexity index is 343. The number of aryl methyl sites for hydroxylation is 1. The molecule has 0 atom stereocenters. The lowest BCUT2D eigenvalue weighted by Gasteiger charge is -2.32. The minimum atomic E-state index is 0.0608. The zero-order valence-corrected chi connectivity index (χ0v) is 11.3. The van der Waals surface area contributed by atoms with Crippen molar-refractivity contribution in [3.05, 3.63) is 17.0 Å². The predicted molar refractivity (Wildman–Crippen MR) is 68.0 cm³/mol. The molecule has 1 rings (SSSR count). The highest BCUT2D eigenvalue weighted by molar-refractivity contribution is 6.28. The number of halogens is 1. The number of anilines is 1. The molecule has 0 radical (unpaired) electrons. The fourth-order valence-corrected chi connectivity index (χ4v) is 1.31. The Morgan fingerprint density at radius 1 is 1.38 bits per heavy atom. The van der Waals surface area contributed by atoms with Crippen molar-refractivity contribution in [2.75, 3.05) is 26.0 Å². The van der Waals surface area contributed by atoms with E-state index in [1.165, 1.54) is 0 Å². The van der Waals surface area contributed by atoms with Gasteiger partial charge < -0.3 is 10.2 Å². The van der Waals surface area contributed by atoms with Gasteiger partial charge in [-0.15, -0.1) is 0 Å². The molecule has 0 saturated carbocycles. The van der Waals surface area contributed by atoms with Gasteiger partial charge in [-0.1, -0.05) is 0 Å². The first-order chi connectivity index (χ1) is 7.31. The van der Waals surface area contributed by atoms with E-state index in [2.05, 4.69) is 48.1 Å². The Hall–Kier alpha value is -0.870. The molecule has 1 aromatic rings. The maximum absolute atomic E-state index is 5.79.